The maximum absolute atomic E-state index is 9.86. The molecule has 0 spiro atoms. The number of hydrogen-bond acceptors (Lipinski definition) is 4. The van der Waals surface area contributed by atoms with Crippen molar-refractivity contribution in [3.05, 3.63) is 38.5 Å². The SMILES string of the molecule is Cc1cn(N=Cc2cc(Br)cc(Br)c2O)c(N)n1. The number of rotatable bonds is 2. The number of anilines is 1. The van der Waals surface area contributed by atoms with Crippen LogP contribution in [0.2, 0.25) is 0 Å². The second-order valence-corrected chi connectivity index (χ2v) is 5.43. The van der Waals surface area contributed by atoms with Crippen LogP contribution in [0.1, 0.15) is 11.3 Å². The molecule has 7 heteroatoms. The minimum Gasteiger partial charge on any atom is -0.506 e. The Morgan fingerprint density at radius 1 is 1.44 bits per heavy atom. The maximum atomic E-state index is 9.86. The lowest BCUT2D eigenvalue weighted by atomic mass is 10.2. The van der Waals surface area contributed by atoms with Crippen molar-refractivity contribution < 1.29 is 5.11 Å². The molecule has 5 nitrogen and oxygen atoms in total. The molecule has 0 aliphatic heterocycles. The average Bonchev–Trinajstić information content (AvgIpc) is 2.60. The van der Waals surface area contributed by atoms with Crippen LogP contribution in [0.25, 0.3) is 0 Å². The number of phenolic OH excluding ortho intramolecular Hbond substituents is 1. The molecule has 1 heterocycles. The molecule has 0 saturated heterocycles. The molecule has 0 aliphatic rings. The number of nitrogens with zero attached hydrogens (tertiary/aromatic N) is 3. The number of benzene rings is 1. The second-order valence-electron chi connectivity index (χ2n) is 3.66. The van der Waals surface area contributed by atoms with Gasteiger partial charge < -0.3 is 10.8 Å². The fourth-order valence-electron chi connectivity index (χ4n) is 1.41. The van der Waals surface area contributed by atoms with Gasteiger partial charge in [0.25, 0.3) is 0 Å². The highest BCUT2D eigenvalue weighted by atomic mass is 79.9. The highest BCUT2D eigenvalue weighted by molar-refractivity contribution is 9.11. The summed E-state index contributed by atoms with van der Waals surface area (Å²) < 4.78 is 2.88. The van der Waals surface area contributed by atoms with Crippen LogP contribution in [0.4, 0.5) is 5.95 Å². The predicted molar refractivity (Wildman–Crippen MR) is 77.9 cm³/mol. The van der Waals surface area contributed by atoms with Gasteiger partial charge in [-0.3, -0.25) is 0 Å². The van der Waals surface area contributed by atoms with Crippen molar-refractivity contribution in [1.29, 1.82) is 0 Å². The summed E-state index contributed by atoms with van der Waals surface area (Å²) in [6.07, 6.45) is 3.22. The van der Waals surface area contributed by atoms with Gasteiger partial charge in [-0.1, -0.05) is 15.9 Å². The van der Waals surface area contributed by atoms with Gasteiger partial charge in [-0.05, 0) is 35.0 Å². The van der Waals surface area contributed by atoms with Crippen LogP contribution in [0, 0.1) is 6.92 Å². The Labute approximate surface area is 121 Å². The number of imidazole rings is 1. The van der Waals surface area contributed by atoms with Gasteiger partial charge in [0.05, 0.1) is 22.6 Å². The van der Waals surface area contributed by atoms with Crippen molar-refractivity contribution in [2.45, 2.75) is 6.92 Å². The molecule has 0 atom stereocenters. The van der Waals surface area contributed by atoms with E-state index in [0.717, 1.165) is 10.2 Å². The third-order valence-corrected chi connectivity index (χ3v) is 3.28. The van der Waals surface area contributed by atoms with Gasteiger partial charge in [0, 0.05) is 10.0 Å². The first kappa shape index (κ1) is 13.1. The highest BCUT2D eigenvalue weighted by Gasteiger charge is 2.06. The monoisotopic (exact) mass is 372 g/mol. The topological polar surface area (TPSA) is 76.4 Å². The van der Waals surface area contributed by atoms with E-state index in [0.29, 0.717) is 16.0 Å². The average molecular weight is 374 g/mol. The van der Waals surface area contributed by atoms with E-state index in [2.05, 4.69) is 41.9 Å². The lowest BCUT2D eigenvalue weighted by molar-refractivity contribution is 0.471. The highest BCUT2D eigenvalue weighted by Crippen LogP contribution is 2.30. The van der Waals surface area contributed by atoms with Crippen LogP contribution >= 0.6 is 31.9 Å². The van der Waals surface area contributed by atoms with Crippen LogP contribution in [-0.2, 0) is 0 Å². The molecule has 0 saturated carbocycles. The van der Waals surface area contributed by atoms with Gasteiger partial charge in [-0.2, -0.15) is 5.10 Å². The molecule has 0 unspecified atom stereocenters. The van der Waals surface area contributed by atoms with E-state index in [9.17, 15) is 5.11 Å². The van der Waals surface area contributed by atoms with Crippen molar-refractivity contribution >= 4 is 44.0 Å². The number of aromatic nitrogens is 2. The maximum Gasteiger partial charge on any atom is 0.221 e. The summed E-state index contributed by atoms with van der Waals surface area (Å²) in [5, 5.41) is 14.0. The molecule has 0 bridgehead atoms. The van der Waals surface area contributed by atoms with Crippen molar-refractivity contribution in [2.75, 3.05) is 5.73 Å². The fourth-order valence-corrected chi connectivity index (χ4v) is 2.66. The first-order valence-corrected chi connectivity index (χ1v) is 6.60. The Kier molecular flexibility index (Phi) is 3.72. The third-order valence-electron chi connectivity index (χ3n) is 2.21. The zero-order valence-corrected chi connectivity index (χ0v) is 12.6. The lowest BCUT2D eigenvalue weighted by Gasteiger charge is -2.02. The van der Waals surface area contributed by atoms with E-state index < -0.39 is 0 Å². The van der Waals surface area contributed by atoms with Crippen molar-refractivity contribution in [1.82, 2.24) is 9.66 Å². The first-order valence-electron chi connectivity index (χ1n) is 5.01. The van der Waals surface area contributed by atoms with E-state index in [1.54, 1.807) is 18.3 Å². The number of aryl methyl sites for hydroxylation is 1. The molecule has 3 N–H and O–H groups in total. The van der Waals surface area contributed by atoms with Gasteiger partial charge in [-0.25, -0.2) is 9.66 Å². The van der Waals surface area contributed by atoms with E-state index in [4.69, 9.17) is 5.73 Å². The molecule has 0 radical (unpaired) electrons. The van der Waals surface area contributed by atoms with Gasteiger partial charge >= 0.3 is 0 Å². The molecule has 1 aromatic heterocycles. The van der Waals surface area contributed by atoms with E-state index in [1.165, 1.54) is 10.9 Å². The molecular formula is C11H10Br2N4O. The van der Waals surface area contributed by atoms with Crippen LogP contribution in [0.5, 0.6) is 5.75 Å². The third kappa shape index (κ3) is 2.73. The zero-order valence-electron chi connectivity index (χ0n) is 9.43. The number of hydrogen-bond donors (Lipinski definition) is 2. The zero-order chi connectivity index (χ0) is 13.3. The van der Waals surface area contributed by atoms with Crippen LogP contribution < -0.4 is 5.73 Å². The predicted octanol–water partition coefficient (Wildman–Crippen LogP) is 2.89. The Morgan fingerprint density at radius 2 is 2.17 bits per heavy atom. The molecular weight excluding hydrogens is 364 g/mol. The Hall–Kier alpha value is -1.34. The van der Waals surface area contributed by atoms with E-state index in [-0.39, 0.29) is 5.75 Å². The van der Waals surface area contributed by atoms with Crippen molar-refractivity contribution in [3.8, 4) is 5.75 Å². The summed E-state index contributed by atoms with van der Waals surface area (Å²) in [4.78, 5) is 4.03. The van der Waals surface area contributed by atoms with Gasteiger partial charge in [-0.15, -0.1) is 0 Å². The molecule has 0 aliphatic carbocycles. The summed E-state index contributed by atoms with van der Waals surface area (Å²) in [7, 11) is 0. The number of phenols is 1. The van der Waals surface area contributed by atoms with Crippen LogP contribution in [0.3, 0.4) is 0 Å². The van der Waals surface area contributed by atoms with Crippen molar-refractivity contribution in [3.63, 3.8) is 0 Å². The first-order chi connectivity index (χ1) is 8.47. The molecule has 2 aromatic rings. The molecule has 0 fully saturated rings. The second kappa shape index (κ2) is 5.11. The summed E-state index contributed by atoms with van der Waals surface area (Å²) in [6, 6.07) is 3.51. The minimum absolute atomic E-state index is 0.123. The number of aromatic hydroxyl groups is 1. The lowest BCUT2D eigenvalue weighted by Crippen LogP contribution is -1.97. The van der Waals surface area contributed by atoms with Crippen LogP contribution in [-0.4, -0.2) is 21.0 Å². The standard InChI is InChI=1S/C11H10Br2N4O/c1-6-5-17(11(14)16-6)15-4-7-2-8(12)3-9(13)10(7)18/h2-5,18H,1H3,(H2,14,16). The molecule has 1 aromatic carbocycles. The number of nitrogens with two attached hydrogens (primary N) is 1. The summed E-state index contributed by atoms with van der Waals surface area (Å²) >= 11 is 6.60. The van der Waals surface area contributed by atoms with Gasteiger partial charge in [0.1, 0.15) is 5.75 Å². The molecule has 0 amide bonds. The Morgan fingerprint density at radius 3 is 2.78 bits per heavy atom. The quantitative estimate of drug-likeness (QED) is 0.794. The van der Waals surface area contributed by atoms with Crippen molar-refractivity contribution in [2.24, 2.45) is 5.10 Å². The number of halogens is 2. The van der Waals surface area contributed by atoms with E-state index >= 15 is 0 Å². The molecule has 2 rings (SSSR count). The smallest absolute Gasteiger partial charge is 0.221 e. The largest absolute Gasteiger partial charge is 0.506 e. The van der Waals surface area contributed by atoms with E-state index in [1.807, 2.05) is 6.92 Å². The fraction of sp³-hybridized carbons (Fsp3) is 0.0909. The van der Waals surface area contributed by atoms with Gasteiger partial charge in [0.2, 0.25) is 5.95 Å². The number of nitrogen functional groups attached to an aromatic ring is 1. The van der Waals surface area contributed by atoms with Gasteiger partial charge in [0.15, 0.2) is 0 Å². The summed E-state index contributed by atoms with van der Waals surface area (Å²) in [6.45, 7) is 1.83. The van der Waals surface area contributed by atoms with Crippen LogP contribution in [0.15, 0.2) is 32.4 Å². The molecule has 94 valence electrons. The normalized spacial score (nSPS) is 11.3. The molecule has 18 heavy (non-hydrogen) atoms. The Balaban J connectivity index is 2.37. The minimum atomic E-state index is 0.123. The summed E-state index contributed by atoms with van der Waals surface area (Å²) in [5.74, 6) is 0.426. The summed E-state index contributed by atoms with van der Waals surface area (Å²) in [5.41, 5.74) is 7.01. The Bertz CT molecular complexity index is 622.